The van der Waals surface area contributed by atoms with E-state index < -0.39 is 0 Å². The zero-order chi connectivity index (χ0) is 10.7. The quantitative estimate of drug-likeness (QED) is 0.668. The minimum absolute atomic E-state index is 1.05. The molecule has 0 unspecified atom stereocenters. The lowest BCUT2D eigenvalue weighted by molar-refractivity contribution is 1.35. The second kappa shape index (κ2) is 4.41. The minimum Gasteiger partial charge on any atom is -0.255 e. The van der Waals surface area contributed by atoms with Crippen LogP contribution in [0.2, 0.25) is 0 Å². The SMILES string of the molecule is Cc1ccc(N=Cc2cccs2)c(C)c1. The van der Waals surface area contributed by atoms with Crippen molar-refractivity contribution < 1.29 is 0 Å². The Hall–Kier alpha value is -1.41. The monoisotopic (exact) mass is 215 g/mol. The summed E-state index contributed by atoms with van der Waals surface area (Å²) in [5.41, 5.74) is 3.55. The first-order valence-corrected chi connectivity index (χ1v) is 5.78. The molecule has 0 aliphatic rings. The highest BCUT2D eigenvalue weighted by Gasteiger charge is 1.95. The lowest BCUT2D eigenvalue weighted by Crippen LogP contribution is -1.78. The second-order valence-corrected chi connectivity index (χ2v) is 4.54. The summed E-state index contributed by atoms with van der Waals surface area (Å²) >= 11 is 1.70. The van der Waals surface area contributed by atoms with E-state index in [9.17, 15) is 0 Å². The maximum Gasteiger partial charge on any atom is 0.0659 e. The fourth-order valence-corrected chi connectivity index (χ4v) is 2.03. The molecule has 2 aromatic rings. The van der Waals surface area contributed by atoms with Crippen LogP contribution in [0.1, 0.15) is 16.0 Å². The van der Waals surface area contributed by atoms with Gasteiger partial charge in [0.2, 0.25) is 0 Å². The van der Waals surface area contributed by atoms with E-state index in [1.54, 1.807) is 11.3 Å². The highest BCUT2D eigenvalue weighted by Crippen LogP contribution is 2.19. The Balaban J connectivity index is 2.24. The van der Waals surface area contributed by atoms with Crippen molar-refractivity contribution in [1.29, 1.82) is 0 Å². The number of hydrogen-bond donors (Lipinski definition) is 0. The Kier molecular flexibility index (Phi) is 2.97. The lowest BCUT2D eigenvalue weighted by atomic mass is 10.1. The third-order valence-electron chi connectivity index (χ3n) is 2.23. The van der Waals surface area contributed by atoms with E-state index in [2.05, 4.69) is 48.5 Å². The summed E-state index contributed by atoms with van der Waals surface area (Å²) in [6, 6.07) is 10.4. The van der Waals surface area contributed by atoms with Crippen LogP contribution in [0.25, 0.3) is 0 Å². The summed E-state index contributed by atoms with van der Waals surface area (Å²) in [5, 5.41) is 2.06. The van der Waals surface area contributed by atoms with Gasteiger partial charge in [0.25, 0.3) is 0 Å². The van der Waals surface area contributed by atoms with Gasteiger partial charge in [0.15, 0.2) is 0 Å². The standard InChI is InChI=1S/C13H13NS/c1-10-5-6-13(11(2)8-10)14-9-12-4-3-7-15-12/h3-9H,1-2H3. The molecule has 2 heteroatoms. The van der Waals surface area contributed by atoms with Crippen molar-refractivity contribution in [3.63, 3.8) is 0 Å². The first kappa shape index (κ1) is 10.1. The van der Waals surface area contributed by atoms with E-state index in [0.717, 1.165) is 5.69 Å². The van der Waals surface area contributed by atoms with Gasteiger partial charge in [0, 0.05) is 11.1 Å². The van der Waals surface area contributed by atoms with Gasteiger partial charge in [-0.25, -0.2) is 0 Å². The van der Waals surface area contributed by atoms with Gasteiger partial charge in [-0.15, -0.1) is 11.3 Å². The third-order valence-corrected chi connectivity index (χ3v) is 3.03. The largest absolute Gasteiger partial charge is 0.255 e. The van der Waals surface area contributed by atoms with Crippen LogP contribution in [0.4, 0.5) is 5.69 Å². The zero-order valence-electron chi connectivity index (χ0n) is 8.90. The van der Waals surface area contributed by atoms with Crippen molar-refractivity contribution in [1.82, 2.24) is 0 Å². The van der Waals surface area contributed by atoms with Crippen molar-refractivity contribution in [3.05, 3.63) is 51.7 Å². The molecule has 76 valence electrons. The normalized spacial score (nSPS) is 11.1. The highest BCUT2D eigenvalue weighted by atomic mass is 32.1. The lowest BCUT2D eigenvalue weighted by Gasteiger charge is -2.00. The Morgan fingerprint density at radius 2 is 2.07 bits per heavy atom. The topological polar surface area (TPSA) is 12.4 Å². The summed E-state index contributed by atoms with van der Waals surface area (Å²) in [6.45, 7) is 4.19. The molecule has 0 bridgehead atoms. The first-order valence-electron chi connectivity index (χ1n) is 4.90. The summed E-state index contributed by atoms with van der Waals surface area (Å²) in [7, 11) is 0. The van der Waals surface area contributed by atoms with E-state index in [-0.39, 0.29) is 0 Å². The molecule has 0 N–H and O–H groups in total. The van der Waals surface area contributed by atoms with Crippen molar-refractivity contribution in [2.45, 2.75) is 13.8 Å². The van der Waals surface area contributed by atoms with Crippen LogP contribution in [0.3, 0.4) is 0 Å². The van der Waals surface area contributed by atoms with E-state index in [1.807, 2.05) is 12.3 Å². The maximum atomic E-state index is 4.47. The van der Waals surface area contributed by atoms with Gasteiger partial charge < -0.3 is 0 Å². The molecular weight excluding hydrogens is 202 g/mol. The predicted molar refractivity (Wildman–Crippen MR) is 67.5 cm³/mol. The van der Waals surface area contributed by atoms with Gasteiger partial charge in [-0.2, -0.15) is 0 Å². The van der Waals surface area contributed by atoms with Crippen molar-refractivity contribution in [3.8, 4) is 0 Å². The van der Waals surface area contributed by atoms with Crippen LogP contribution in [-0.2, 0) is 0 Å². The number of thiophene rings is 1. The van der Waals surface area contributed by atoms with Crippen LogP contribution in [0.5, 0.6) is 0 Å². The van der Waals surface area contributed by atoms with Gasteiger partial charge in [0.1, 0.15) is 0 Å². The molecule has 0 atom stereocenters. The van der Waals surface area contributed by atoms with Gasteiger partial charge in [-0.05, 0) is 36.9 Å². The first-order chi connectivity index (χ1) is 7.25. The van der Waals surface area contributed by atoms with E-state index in [0.29, 0.717) is 0 Å². The number of aliphatic imine (C=N–C) groups is 1. The van der Waals surface area contributed by atoms with Crippen molar-refractivity contribution in [2.24, 2.45) is 4.99 Å². The zero-order valence-corrected chi connectivity index (χ0v) is 9.71. The smallest absolute Gasteiger partial charge is 0.0659 e. The molecule has 2 rings (SSSR count). The Morgan fingerprint density at radius 3 is 2.73 bits per heavy atom. The van der Waals surface area contributed by atoms with Crippen molar-refractivity contribution in [2.75, 3.05) is 0 Å². The molecule has 0 spiro atoms. The molecule has 0 saturated carbocycles. The van der Waals surface area contributed by atoms with Crippen LogP contribution in [0.15, 0.2) is 40.7 Å². The molecule has 0 radical (unpaired) electrons. The Morgan fingerprint density at radius 1 is 1.20 bits per heavy atom. The van der Waals surface area contributed by atoms with E-state index in [4.69, 9.17) is 0 Å². The van der Waals surface area contributed by atoms with Crippen LogP contribution in [-0.4, -0.2) is 6.21 Å². The molecule has 0 fully saturated rings. The van der Waals surface area contributed by atoms with Gasteiger partial charge in [-0.3, -0.25) is 4.99 Å². The summed E-state index contributed by atoms with van der Waals surface area (Å²) < 4.78 is 0. The Labute approximate surface area is 94.1 Å². The van der Waals surface area contributed by atoms with Crippen LogP contribution >= 0.6 is 11.3 Å². The van der Waals surface area contributed by atoms with Crippen LogP contribution in [0, 0.1) is 13.8 Å². The van der Waals surface area contributed by atoms with Gasteiger partial charge in [0.05, 0.1) is 5.69 Å². The summed E-state index contributed by atoms with van der Waals surface area (Å²) in [4.78, 5) is 5.66. The average Bonchev–Trinajstić information content (AvgIpc) is 2.69. The van der Waals surface area contributed by atoms with Gasteiger partial charge in [-0.1, -0.05) is 23.8 Å². The van der Waals surface area contributed by atoms with Gasteiger partial charge >= 0.3 is 0 Å². The molecule has 0 aliphatic heterocycles. The molecule has 0 amide bonds. The molecule has 1 aromatic heterocycles. The summed E-state index contributed by atoms with van der Waals surface area (Å²) in [5.74, 6) is 0. The van der Waals surface area contributed by atoms with E-state index in [1.165, 1.54) is 16.0 Å². The highest BCUT2D eigenvalue weighted by molar-refractivity contribution is 7.11. The molecule has 0 aliphatic carbocycles. The molecule has 1 aromatic carbocycles. The van der Waals surface area contributed by atoms with E-state index >= 15 is 0 Å². The average molecular weight is 215 g/mol. The number of nitrogens with zero attached hydrogens (tertiary/aromatic N) is 1. The third kappa shape index (κ3) is 2.54. The van der Waals surface area contributed by atoms with Crippen molar-refractivity contribution >= 4 is 23.2 Å². The number of benzene rings is 1. The number of hydrogen-bond acceptors (Lipinski definition) is 2. The second-order valence-electron chi connectivity index (χ2n) is 3.56. The fraction of sp³-hybridized carbons (Fsp3) is 0.154. The number of rotatable bonds is 2. The molecular formula is C13H13NS. The fourth-order valence-electron chi connectivity index (χ4n) is 1.45. The summed E-state index contributed by atoms with van der Waals surface area (Å²) in [6.07, 6.45) is 1.92. The van der Waals surface area contributed by atoms with Crippen LogP contribution < -0.4 is 0 Å². The molecule has 0 saturated heterocycles. The molecule has 15 heavy (non-hydrogen) atoms. The minimum atomic E-state index is 1.05. The molecule has 1 nitrogen and oxygen atoms in total. The predicted octanol–water partition coefficient (Wildman–Crippen LogP) is 4.12. The number of aryl methyl sites for hydroxylation is 2. The Bertz CT molecular complexity index is 469. The molecule has 1 heterocycles. The maximum absolute atomic E-state index is 4.47.